The van der Waals surface area contributed by atoms with Gasteiger partial charge in [-0.3, -0.25) is 0 Å². The molecule has 0 spiro atoms. The molecule has 0 fully saturated rings. The van der Waals surface area contributed by atoms with Crippen LogP contribution < -0.4 is 5.32 Å². The minimum atomic E-state index is -3.50. The quantitative estimate of drug-likeness (QED) is 0.732. The van der Waals surface area contributed by atoms with E-state index in [9.17, 15) is 8.42 Å². The van der Waals surface area contributed by atoms with Crippen molar-refractivity contribution in [3.8, 4) is 0 Å². The van der Waals surface area contributed by atoms with Crippen LogP contribution >= 0.6 is 0 Å². The largest absolute Gasteiger partial charge is 0.338 e. The Labute approximate surface area is 133 Å². The number of nitrogens with one attached hydrogen (secondary N) is 1. The summed E-state index contributed by atoms with van der Waals surface area (Å²) in [6, 6.07) is 7.90. The number of fused-ring (bicyclic) bond motifs is 1. The number of nitrogens with zero attached hydrogens (tertiary/aromatic N) is 4. The molecule has 0 aliphatic carbocycles. The molecular formula is C15H15N5O2S. The molecule has 23 heavy (non-hydrogen) atoms. The van der Waals surface area contributed by atoms with Crippen molar-refractivity contribution >= 4 is 32.4 Å². The van der Waals surface area contributed by atoms with Crippen LogP contribution in [0.15, 0.2) is 41.9 Å². The van der Waals surface area contributed by atoms with Crippen molar-refractivity contribution in [3.05, 3.63) is 42.4 Å². The van der Waals surface area contributed by atoms with Gasteiger partial charge in [0.05, 0.1) is 6.20 Å². The van der Waals surface area contributed by atoms with Crippen molar-refractivity contribution in [2.75, 3.05) is 11.6 Å². The summed E-state index contributed by atoms with van der Waals surface area (Å²) in [4.78, 5) is 16.2. The summed E-state index contributed by atoms with van der Waals surface area (Å²) in [6.45, 7) is 2.07. The maximum absolute atomic E-state index is 11.6. The molecule has 8 heteroatoms. The molecule has 118 valence electrons. The van der Waals surface area contributed by atoms with Gasteiger partial charge in [-0.2, -0.15) is 0 Å². The van der Waals surface area contributed by atoms with Crippen LogP contribution in [0.2, 0.25) is 0 Å². The van der Waals surface area contributed by atoms with Crippen molar-refractivity contribution < 1.29 is 8.42 Å². The molecule has 0 radical (unpaired) electrons. The number of aromatic nitrogens is 4. The van der Waals surface area contributed by atoms with E-state index in [0.29, 0.717) is 16.9 Å². The first kappa shape index (κ1) is 15.3. The van der Waals surface area contributed by atoms with Gasteiger partial charge in [0.15, 0.2) is 5.82 Å². The second kappa shape index (κ2) is 5.88. The van der Waals surface area contributed by atoms with E-state index in [1.165, 1.54) is 18.1 Å². The second-order valence-electron chi connectivity index (χ2n) is 5.06. The van der Waals surface area contributed by atoms with Gasteiger partial charge in [-0.15, -0.1) is 0 Å². The SMILES string of the molecule is CCc1cccc(Nc2ncnc3cnc(S(C)(=O)=O)nc23)c1. The lowest BCUT2D eigenvalue weighted by Gasteiger charge is -2.09. The molecule has 0 aliphatic rings. The maximum Gasteiger partial charge on any atom is 0.247 e. The summed E-state index contributed by atoms with van der Waals surface area (Å²) in [5, 5.41) is 2.92. The van der Waals surface area contributed by atoms with Crippen molar-refractivity contribution in [3.63, 3.8) is 0 Å². The van der Waals surface area contributed by atoms with E-state index in [1.54, 1.807) is 0 Å². The highest BCUT2D eigenvalue weighted by Gasteiger charge is 2.14. The summed E-state index contributed by atoms with van der Waals surface area (Å²) >= 11 is 0. The van der Waals surface area contributed by atoms with Crippen LogP contribution in [0.4, 0.5) is 11.5 Å². The molecule has 0 bridgehead atoms. The van der Waals surface area contributed by atoms with E-state index >= 15 is 0 Å². The second-order valence-corrected chi connectivity index (χ2v) is 6.97. The predicted molar refractivity (Wildman–Crippen MR) is 87.3 cm³/mol. The Morgan fingerprint density at radius 2 is 2.00 bits per heavy atom. The molecule has 2 aromatic heterocycles. The molecule has 0 amide bonds. The third-order valence-electron chi connectivity index (χ3n) is 3.28. The molecule has 7 nitrogen and oxygen atoms in total. The molecule has 0 unspecified atom stereocenters. The Morgan fingerprint density at radius 1 is 1.17 bits per heavy atom. The molecule has 3 rings (SSSR count). The topological polar surface area (TPSA) is 97.7 Å². The van der Waals surface area contributed by atoms with Crippen molar-refractivity contribution in [2.45, 2.75) is 18.5 Å². The highest BCUT2D eigenvalue weighted by atomic mass is 32.2. The predicted octanol–water partition coefficient (Wildman–Crippen LogP) is 2.13. The molecule has 1 aromatic carbocycles. The Hall–Kier alpha value is -2.61. The fraction of sp³-hybridized carbons (Fsp3) is 0.200. The number of rotatable bonds is 4. The van der Waals surface area contributed by atoms with Gasteiger partial charge in [-0.05, 0) is 24.1 Å². The first-order valence-electron chi connectivity index (χ1n) is 7.01. The number of anilines is 2. The summed E-state index contributed by atoms with van der Waals surface area (Å²) in [5.74, 6) is 0.440. The van der Waals surface area contributed by atoms with Crippen LogP contribution in [0.3, 0.4) is 0 Å². The third-order valence-corrected chi connectivity index (χ3v) is 4.14. The van der Waals surface area contributed by atoms with Gasteiger partial charge in [0.2, 0.25) is 15.0 Å². The Bertz CT molecular complexity index is 973. The summed E-state index contributed by atoms with van der Waals surface area (Å²) in [5.41, 5.74) is 2.87. The standard InChI is InChI=1S/C15H15N5O2S/c1-3-10-5-4-6-11(7-10)19-14-13-12(17-9-18-14)8-16-15(20-13)23(2,21)22/h4-9H,3H2,1-2H3,(H,17,18,19). The van der Waals surface area contributed by atoms with E-state index in [4.69, 9.17) is 0 Å². The number of aryl methyl sites for hydroxylation is 1. The van der Waals surface area contributed by atoms with E-state index in [2.05, 4.69) is 32.2 Å². The summed E-state index contributed by atoms with van der Waals surface area (Å²) in [7, 11) is -3.50. The minimum absolute atomic E-state index is 0.245. The molecule has 1 N–H and O–H groups in total. The summed E-state index contributed by atoms with van der Waals surface area (Å²) < 4.78 is 23.3. The normalized spacial score (nSPS) is 11.6. The van der Waals surface area contributed by atoms with Crippen LogP contribution in [0.25, 0.3) is 11.0 Å². The Morgan fingerprint density at radius 3 is 2.74 bits per heavy atom. The highest BCUT2D eigenvalue weighted by molar-refractivity contribution is 7.90. The lowest BCUT2D eigenvalue weighted by molar-refractivity contribution is 0.593. The average Bonchev–Trinajstić information content (AvgIpc) is 2.54. The molecular weight excluding hydrogens is 314 g/mol. The monoisotopic (exact) mass is 329 g/mol. The number of sulfone groups is 1. The average molecular weight is 329 g/mol. The van der Waals surface area contributed by atoms with Crippen LogP contribution in [0, 0.1) is 0 Å². The summed E-state index contributed by atoms with van der Waals surface area (Å²) in [6.07, 6.45) is 4.75. The molecule has 2 heterocycles. The Balaban J connectivity index is 2.09. The molecule has 3 aromatic rings. The smallest absolute Gasteiger partial charge is 0.247 e. The zero-order valence-electron chi connectivity index (χ0n) is 12.7. The van der Waals surface area contributed by atoms with Gasteiger partial charge in [-0.1, -0.05) is 19.1 Å². The van der Waals surface area contributed by atoms with E-state index in [-0.39, 0.29) is 5.16 Å². The third kappa shape index (κ3) is 3.26. The molecule has 0 aliphatic heterocycles. The van der Waals surface area contributed by atoms with Crippen molar-refractivity contribution in [1.29, 1.82) is 0 Å². The minimum Gasteiger partial charge on any atom is -0.338 e. The fourth-order valence-electron chi connectivity index (χ4n) is 2.11. The Kier molecular flexibility index (Phi) is 3.91. The molecule has 0 saturated carbocycles. The lowest BCUT2D eigenvalue weighted by Crippen LogP contribution is -2.06. The highest BCUT2D eigenvalue weighted by Crippen LogP contribution is 2.22. The zero-order valence-corrected chi connectivity index (χ0v) is 13.5. The van der Waals surface area contributed by atoms with Gasteiger partial charge >= 0.3 is 0 Å². The first-order valence-corrected chi connectivity index (χ1v) is 8.90. The van der Waals surface area contributed by atoms with Crippen LogP contribution in [-0.4, -0.2) is 34.6 Å². The van der Waals surface area contributed by atoms with Gasteiger partial charge < -0.3 is 5.32 Å². The van der Waals surface area contributed by atoms with Crippen LogP contribution in [-0.2, 0) is 16.3 Å². The van der Waals surface area contributed by atoms with E-state index in [0.717, 1.165) is 18.4 Å². The fourth-order valence-corrected chi connectivity index (χ4v) is 2.62. The number of hydrogen-bond donors (Lipinski definition) is 1. The molecule has 0 saturated heterocycles. The van der Waals surface area contributed by atoms with E-state index in [1.807, 2.05) is 24.3 Å². The van der Waals surface area contributed by atoms with Crippen LogP contribution in [0.1, 0.15) is 12.5 Å². The van der Waals surface area contributed by atoms with Crippen molar-refractivity contribution in [2.24, 2.45) is 0 Å². The number of hydrogen-bond acceptors (Lipinski definition) is 7. The van der Waals surface area contributed by atoms with Gasteiger partial charge in [-0.25, -0.2) is 28.4 Å². The molecule has 0 atom stereocenters. The van der Waals surface area contributed by atoms with Crippen LogP contribution in [0.5, 0.6) is 0 Å². The first-order chi connectivity index (χ1) is 11.0. The lowest BCUT2D eigenvalue weighted by atomic mass is 10.1. The van der Waals surface area contributed by atoms with E-state index < -0.39 is 9.84 Å². The maximum atomic E-state index is 11.6. The van der Waals surface area contributed by atoms with Crippen molar-refractivity contribution in [1.82, 2.24) is 19.9 Å². The van der Waals surface area contributed by atoms with Gasteiger partial charge in [0.25, 0.3) is 0 Å². The zero-order chi connectivity index (χ0) is 16.4. The van der Waals surface area contributed by atoms with Gasteiger partial charge in [0, 0.05) is 11.9 Å². The van der Waals surface area contributed by atoms with Gasteiger partial charge in [0.1, 0.15) is 17.4 Å². The number of benzene rings is 1.